The lowest BCUT2D eigenvalue weighted by molar-refractivity contribution is 0.177. The van der Waals surface area contributed by atoms with Crippen LogP contribution in [0.1, 0.15) is 25.5 Å². The largest absolute Gasteiger partial charge is 0.508 e. The third-order valence-electron chi connectivity index (χ3n) is 1.71. The van der Waals surface area contributed by atoms with Gasteiger partial charge in [0.05, 0.1) is 6.10 Å². The number of benzene rings is 1. The molecule has 1 aromatic rings. The molecule has 15 heavy (non-hydrogen) atoms. The molecule has 0 bridgehead atoms. The molecule has 0 fully saturated rings. The van der Waals surface area contributed by atoms with E-state index in [0.717, 1.165) is 0 Å². The quantitative estimate of drug-likeness (QED) is 0.612. The molecule has 0 saturated carbocycles. The molecule has 86 valence electrons. The van der Waals surface area contributed by atoms with Gasteiger partial charge in [-0.1, -0.05) is 13.8 Å². The molecule has 0 aliphatic heterocycles. The predicted octanol–water partition coefficient (Wildman–Crippen LogP) is 1.38. The minimum atomic E-state index is -0.719. The van der Waals surface area contributed by atoms with E-state index in [-0.39, 0.29) is 11.5 Å². The lowest BCUT2D eigenvalue weighted by Gasteiger charge is -2.10. The average molecular weight is 213 g/mol. The van der Waals surface area contributed by atoms with Crippen LogP contribution >= 0.6 is 0 Å². The Morgan fingerprint density at radius 3 is 2.00 bits per heavy atom. The van der Waals surface area contributed by atoms with E-state index in [0.29, 0.717) is 12.1 Å². The summed E-state index contributed by atoms with van der Waals surface area (Å²) < 4.78 is 0. The normalized spacial score (nSPS) is 11.5. The molecular formula is C11H19NO3. The Morgan fingerprint density at radius 1 is 1.13 bits per heavy atom. The van der Waals surface area contributed by atoms with E-state index in [1.807, 2.05) is 13.8 Å². The lowest BCUT2D eigenvalue weighted by Crippen LogP contribution is -2.16. The van der Waals surface area contributed by atoms with Gasteiger partial charge in [0.25, 0.3) is 0 Å². The van der Waals surface area contributed by atoms with Gasteiger partial charge in [0.15, 0.2) is 0 Å². The van der Waals surface area contributed by atoms with Gasteiger partial charge in [0, 0.05) is 12.6 Å². The first-order chi connectivity index (χ1) is 7.13. The molecule has 0 saturated heterocycles. The van der Waals surface area contributed by atoms with Gasteiger partial charge < -0.3 is 20.6 Å². The molecule has 1 rings (SSSR count). The minimum Gasteiger partial charge on any atom is -0.508 e. The number of aliphatic hydroxyl groups is 1. The second-order valence-corrected chi connectivity index (χ2v) is 2.86. The number of likely N-dealkylation sites (N-methyl/N-ethyl adjacent to an activating group) is 1. The van der Waals surface area contributed by atoms with Crippen LogP contribution in [0.25, 0.3) is 0 Å². The van der Waals surface area contributed by atoms with Crippen LogP contribution in [-0.2, 0) is 0 Å². The number of hydrogen-bond donors (Lipinski definition) is 4. The van der Waals surface area contributed by atoms with E-state index in [2.05, 4.69) is 5.32 Å². The molecule has 0 aliphatic rings. The summed E-state index contributed by atoms with van der Waals surface area (Å²) in [4.78, 5) is 0. The topological polar surface area (TPSA) is 72.7 Å². The van der Waals surface area contributed by atoms with E-state index in [4.69, 9.17) is 10.2 Å². The summed E-state index contributed by atoms with van der Waals surface area (Å²) in [6.07, 6.45) is -0.719. The van der Waals surface area contributed by atoms with Crippen molar-refractivity contribution in [2.24, 2.45) is 0 Å². The number of phenols is 2. The molecule has 0 aliphatic carbocycles. The molecule has 4 N–H and O–H groups in total. The molecule has 0 aromatic heterocycles. The Kier molecular flexibility index (Phi) is 6.49. The standard InChI is InChI=1S/C9H13NO3.C2H6/c1-10-5-9(13)6-2-7(11)4-8(12)3-6;1-2/h2-4,9-13H,5H2,1H3;1-2H3. The van der Waals surface area contributed by atoms with Crippen molar-refractivity contribution in [3.63, 3.8) is 0 Å². The van der Waals surface area contributed by atoms with E-state index in [9.17, 15) is 5.11 Å². The highest BCUT2D eigenvalue weighted by molar-refractivity contribution is 5.37. The Labute approximate surface area is 90.2 Å². The number of aromatic hydroxyl groups is 2. The summed E-state index contributed by atoms with van der Waals surface area (Å²) in [5.74, 6) is -0.102. The van der Waals surface area contributed by atoms with Crippen LogP contribution in [0.2, 0.25) is 0 Å². The van der Waals surface area contributed by atoms with E-state index in [1.54, 1.807) is 7.05 Å². The van der Waals surface area contributed by atoms with Gasteiger partial charge in [-0.15, -0.1) is 0 Å². The van der Waals surface area contributed by atoms with E-state index in [1.165, 1.54) is 18.2 Å². The Morgan fingerprint density at radius 2 is 1.60 bits per heavy atom. The maximum absolute atomic E-state index is 9.48. The summed E-state index contributed by atoms with van der Waals surface area (Å²) >= 11 is 0. The SMILES string of the molecule is CC.CNCC(O)c1cc(O)cc(O)c1. The van der Waals surface area contributed by atoms with Gasteiger partial charge in [-0.3, -0.25) is 0 Å². The number of aliphatic hydroxyl groups excluding tert-OH is 1. The van der Waals surface area contributed by atoms with Crippen LogP contribution in [0.3, 0.4) is 0 Å². The molecule has 0 amide bonds. The van der Waals surface area contributed by atoms with Crippen molar-refractivity contribution < 1.29 is 15.3 Å². The van der Waals surface area contributed by atoms with Gasteiger partial charge in [-0.25, -0.2) is 0 Å². The van der Waals surface area contributed by atoms with Crippen LogP contribution in [0.5, 0.6) is 11.5 Å². The van der Waals surface area contributed by atoms with Gasteiger partial charge in [0.2, 0.25) is 0 Å². The molecular weight excluding hydrogens is 194 g/mol. The van der Waals surface area contributed by atoms with Crippen molar-refractivity contribution in [2.45, 2.75) is 20.0 Å². The van der Waals surface area contributed by atoms with Crippen molar-refractivity contribution in [3.8, 4) is 11.5 Å². The maximum atomic E-state index is 9.48. The summed E-state index contributed by atoms with van der Waals surface area (Å²) in [5, 5.41) is 30.5. The summed E-state index contributed by atoms with van der Waals surface area (Å²) in [6, 6.07) is 4.05. The zero-order valence-corrected chi connectivity index (χ0v) is 9.36. The third kappa shape index (κ3) is 4.67. The summed E-state index contributed by atoms with van der Waals surface area (Å²) in [5.41, 5.74) is 0.492. The van der Waals surface area contributed by atoms with Gasteiger partial charge in [-0.2, -0.15) is 0 Å². The van der Waals surface area contributed by atoms with Crippen LogP contribution in [0, 0.1) is 0 Å². The zero-order valence-electron chi connectivity index (χ0n) is 9.36. The fraction of sp³-hybridized carbons (Fsp3) is 0.455. The van der Waals surface area contributed by atoms with Crippen molar-refractivity contribution in [1.29, 1.82) is 0 Å². The first kappa shape index (κ1) is 13.7. The number of rotatable bonds is 3. The highest BCUT2D eigenvalue weighted by Gasteiger charge is 2.08. The monoisotopic (exact) mass is 213 g/mol. The van der Waals surface area contributed by atoms with E-state index < -0.39 is 6.10 Å². The smallest absolute Gasteiger partial charge is 0.119 e. The lowest BCUT2D eigenvalue weighted by atomic mass is 10.1. The molecule has 4 heteroatoms. The van der Waals surface area contributed by atoms with Crippen molar-refractivity contribution in [3.05, 3.63) is 23.8 Å². The Hall–Kier alpha value is -1.26. The Balaban J connectivity index is 0.000000921. The number of hydrogen-bond acceptors (Lipinski definition) is 4. The van der Waals surface area contributed by atoms with Crippen LogP contribution in [0.4, 0.5) is 0 Å². The third-order valence-corrected chi connectivity index (χ3v) is 1.71. The highest BCUT2D eigenvalue weighted by Crippen LogP contribution is 2.24. The van der Waals surface area contributed by atoms with Crippen molar-refractivity contribution in [2.75, 3.05) is 13.6 Å². The molecule has 1 aromatic carbocycles. The van der Waals surface area contributed by atoms with Crippen LogP contribution < -0.4 is 5.32 Å². The molecule has 1 atom stereocenters. The van der Waals surface area contributed by atoms with Crippen LogP contribution in [0.15, 0.2) is 18.2 Å². The average Bonchev–Trinajstić information content (AvgIpc) is 2.20. The second kappa shape index (κ2) is 7.09. The number of nitrogens with one attached hydrogen (secondary N) is 1. The first-order valence-corrected chi connectivity index (χ1v) is 4.99. The van der Waals surface area contributed by atoms with Gasteiger partial charge in [-0.05, 0) is 24.7 Å². The molecule has 0 spiro atoms. The zero-order chi connectivity index (χ0) is 11.8. The minimum absolute atomic E-state index is 0.0508. The fourth-order valence-corrected chi connectivity index (χ4v) is 1.12. The van der Waals surface area contributed by atoms with Crippen molar-refractivity contribution in [1.82, 2.24) is 5.32 Å². The predicted molar refractivity (Wildman–Crippen MR) is 60.0 cm³/mol. The van der Waals surface area contributed by atoms with E-state index >= 15 is 0 Å². The van der Waals surface area contributed by atoms with Gasteiger partial charge in [0.1, 0.15) is 11.5 Å². The molecule has 4 nitrogen and oxygen atoms in total. The summed E-state index contributed by atoms with van der Waals surface area (Å²) in [6.45, 7) is 4.38. The Bertz CT molecular complexity index is 269. The summed E-state index contributed by atoms with van der Waals surface area (Å²) in [7, 11) is 1.71. The van der Waals surface area contributed by atoms with Gasteiger partial charge >= 0.3 is 0 Å². The maximum Gasteiger partial charge on any atom is 0.119 e. The van der Waals surface area contributed by atoms with Crippen LogP contribution in [-0.4, -0.2) is 28.9 Å². The molecule has 0 radical (unpaired) electrons. The second-order valence-electron chi connectivity index (χ2n) is 2.86. The highest BCUT2D eigenvalue weighted by atomic mass is 16.3. The molecule has 1 unspecified atom stereocenters. The molecule has 0 heterocycles. The van der Waals surface area contributed by atoms with Crippen molar-refractivity contribution >= 4 is 0 Å². The fourth-order valence-electron chi connectivity index (χ4n) is 1.12. The number of phenolic OH excluding ortho intramolecular Hbond substituents is 2. The first-order valence-electron chi connectivity index (χ1n) is 4.99.